The summed E-state index contributed by atoms with van der Waals surface area (Å²) in [5.74, 6) is 1.21. The highest BCUT2D eigenvalue weighted by atomic mass is 16.5. The molecule has 10 nitrogen and oxygen atoms in total. The molecule has 0 aliphatic heterocycles. The third-order valence-corrected chi connectivity index (χ3v) is 5.81. The van der Waals surface area contributed by atoms with E-state index in [0.717, 1.165) is 16.9 Å². The lowest BCUT2D eigenvalue weighted by Crippen LogP contribution is -2.42. The molecule has 0 spiro atoms. The monoisotopic (exact) mass is 523 g/mol. The van der Waals surface area contributed by atoms with Gasteiger partial charge in [-0.3, -0.25) is 4.79 Å². The van der Waals surface area contributed by atoms with Crippen LogP contribution < -0.4 is 20.1 Å². The molecule has 1 heterocycles. The van der Waals surface area contributed by atoms with Crippen LogP contribution in [0.3, 0.4) is 0 Å². The summed E-state index contributed by atoms with van der Waals surface area (Å²) in [6, 6.07) is 14.3. The second-order valence-electron chi connectivity index (χ2n) is 9.91. The van der Waals surface area contributed by atoms with Crippen LogP contribution in [0.15, 0.2) is 48.5 Å². The molecule has 3 rings (SSSR count). The maximum Gasteiger partial charge on any atom is 0.322 e. The maximum absolute atomic E-state index is 13.2. The summed E-state index contributed by atoms with van der Waals surface area (Å²) in [4.78, 5) is 27.7. The van der Waals surface area contributed by atoms with Gasteiger partial charge in [0.05, 0.1) is 32.2 Å². The van der Waals surface area contributed by atoms with Crippen molar-refractivity contribution in [3.05, 3.63) is 59.8 Å². The molecule has 0 saturated carbocycles. The van der Waals surface area contributed by atoms with Gasteiger partial charge < -0.3 is 29.7 Å². The Labute approximate surface area is 223 Å². The molecular weight excluding hydrogens is 486 g/mol. The SMILES string of the molecule is COCCN(CC(=O)Nc1cc(C(C)(C)C)nn1-c1ccc(C)cc1)C(=O)Nc1cc(OC)cc(OC)c1. The van der Waals surface area contributed by atoms with Gasteiger partial charge in [0.2, 0.25) is 5.91 Å². The number of urea groups is 1. The summed E-state index contributed by atoms with van der Waals surface area (Å²) in [6.07, 6.45) is 0. The van der Waals surface area contributed by atoms with E-state index in [4.69, 9.17) is 19.3 Å². The largest absolute Gasteiger partial charge is 0.497 e. The molecule has 1 aromatic heterocycles. The Bertz CT molecular complexity index is 1230. The normalized spacial score (nSPS) is 11.1. The molecule has 0 atom stereocenters. The number of aromatic nitrogens is 2. The molecule has 2 N–H and O–H groups in total. The van der Waals surface area contributed by atoms with Gasteiger partial charge in [0.15, 0.2) is 0 Å². The third kappa shape index (κ3) is 7.48. The molecule has 0 fully saturated rings. The van der Waals surface area contributed by atoms with E-state index >= 15 is 0 Å². The predicted molar refractivity (Wildman–Crippen MR) is 148 cm³/mol. The minimum absolute atomic E-state index is 0.194. The first-order chi connectivity index (χ1) is 18.0. The van der Waals surface area contributed by atoms with Crippen LogP contribution in [-0.2, 0) is 14.9 Å². The van der Waals surface area contributed by atoms with Crippen molar-refractivity contribution >= 4 is 23.4 Å². The van der Waals surface area contributed by atoms with Gasteiger partial charge in [-0.05, 0) is 19.1 Å². The van der Waals surface area contributed by atoms with Crippen molar-refractivity contribution in [3.8, 4) is 17.2 Å². The highest BCUT2D eigenvalue weighted by Crippen LogP contribution is 2.27. The molecule has 10 heteroatoms. The molecule has 3 amide bonds. The van der Waals surface area contributed by atoms with Crippen LogP contribution in [0.25, 0.3) is 5.69 Å². The van der Waals surface area contributed by atoms with Gasteiger partial charge in [0.1, 0.15) is 23.9 Å². The second kappa shape index (κ2) is 12.5. The first-order valence-corrected chi connectivity index (χ1v) is 12.3. The van der Waals surface area contributed by atoms with Crippen molar-refractivity contribution < 1.29 is 23.8 Å². The van der Waals surface area contributed by atoms with Crippen molar-refractivity contribution in [1.29, 1.82) is 0 Å². The predicted octanol–water partition coefficient (Wildman–Crippen LogP) is 4.61. The Kier molecular flexibility index (Phi) is 9.35. The van der Waals surface area contributed by atoms with Crippen molar-refractivity contribution in [2.24, 2.45) is 0 Å². The van der Waals surface area contributed by atoms with Crippen LogP contribution >= 0.6 is 0 Å². The summed E-state index contributed by atoms with van der Waals surface area (Å²) < 4.78 is 17.4. The third-order valence-electron chi connectivity index (χ3n) is 5.81. The first kappa shape index (κ1) is 28.5. The van der Waals surface area contributed by atoms with Crippen LogP contribution in [0.2, 0.25) is 0 Å². The van der Waals surface area contributed by atoms with Crippen molar-refractivity contribution in [2.45, 2.75) is 33.1 Å². The number of hydrogen-bond acceptors (Lipinski definition) is 6. The lowest BCUT2D eigenvalue weighted by atomic mass is 9.92. The number of nitrogens with zero attached hydrogens (tertiary/aromatic N) is 3. The van der Waals surface area contributed by atoms with Crippen LogP contribution in [0.4, 0.5) is 16.3 Å². The van der Waals surface area contributed by atoms with Gasteiger partial charge in [-0.25, -0.2) is 9.48 Å². The fourth-order valence-corrected chi connectivity index (χ4v) is 3.61. The zero-order valence-corrected chi connectivity index (χ0v) is 23.1. The minimum atomic E-state index is -0.463. The van der Waals surface area contributed by atoms with E-state index in [9.17, 15) is 9.59 Å². The quantitative estimate of drug-likeness (QED) is 0.402. The number of anilines is 2. The van der Waals surface area contributed by atoms with E-state index in [1.165, 1.54) is 26.2 Å². The molecule has 3 aromatic rings. The number of hydrogen-bond donors (Lipinski definition) is 2. The fourth-order valence-electron chi connectivity index (χ4n) is 3.61. The molecule has 2 aromatic carbocycles. The fraction of sp³-hybridized carbons (Fsp3) is 0.393. The molecule has 0 unspecified atom stereocenters. The van der Waals surface area contributed by atoms with Crippen LogP contribution in [0, 0.1) is 6.92 Å². The highest BCUT2D eigenvalue weighted by Gasteiger charge is 2.23. The van der Waals surface area contributed by atoms with E-state index in [2.05, 4.69) is 31.4 Å². The Morgan fingerprint density at radius 2 is 1.58 bits per heavy atom. The van der Waals surface area contributed by atoms with Gasteiger partial charge in [-0.2, -0.15) is 5.10 Å². The Balaban J connectivity index is 1.81. The number of rotatable bonds is 10. The van der Waals surface area contributed by atoms with E-state index < -0.39 is 6.03 Å². The standard InChI is InChI=1S/C28H37N5O5/c1-19-8-10-21(11-9-19)33-25(17-24(31-33)28(2,3)4)30-26(34)18-32(12-13-36-5)27(35)29-20-14-22(37-6)16-23(15-20)38-7/h8-11,14-17H,12-13,18H2,1-7H3,(H,29,35)(H,30,34). The summed E-state index contributed by atoms with van der Waals surface area (Å²) in [7, 11) is 4.60. The second-order valence-corrected chi connectivity index (χ2v) is 9.91. The molecule has 0 bridgehead atoms. The molecular formula is C28H37N5O5. The van der Waals surface area contributed by atoms with E-state index in [1.807, 2.05) is 37.3 Å². The summed E-state index contributed by atoms with van der Waals surface area (Å²) in [6.45, 7) is 8.47. The minimum Gasteiger partial charge on any atom is -0.497 e. The number of amides is 3. The van der Waals surface area contributed by atoms with Gasteiger partial charge >= 0.3 is 6.03 Å². The zero-order chi connectivity index (χ0) is 27.9. The zero-order valence-electron chi connectivity index (χ0n) is 23.1. The number of carbonyl (C=O) groups excluding carboxylic acids is 2. The average molecular weight is 524 g/mol. The number of benzene rings is 2. The van der Waals surface area contributed by atoms with Crippen LogP contribution in [-0.4, -0.2) is 67.6 Å². The Morgan fingerprint density at radius 3 is 2.13 bits per heavy atom. The lowest BCUT2D eigenvalue weighted by molar-refractivity contribution is -0.116. The topological polar surface area (TPSA) is 107 Å². The Hall–Kier alpha value is -4.05. The maximum atomic E-state index is 13.2. The number of carbonyl (C=O) groups is 2. The van der Waals surface area contributed by atoms with E-state index in [0.29, 0.717) is 23.0 Å². The molecule has 0 radical (unpaired) electrons. The summed E-state index contributed by atoms with van der Waals surface area (Å²) >= 11 is 0. The van der Waals surface area contributed by atoms with Gasteiger partial charge in [0, 0.05) is 49.0 Å². The molecule has 0 aliphatic rings. The van der Waals surface area contributed by atoms with Crippen molar-refractivity contribution in [2.75, 3.05) is 51.7 Å². The van der Waals surface area contributed by atoms with E-state index in [-0.39, 0.29) is 31.0 Å². The first-order valence-electron chi connectivity index (χ1n) is 12.3. The molecule has 0 aliphatic carbocycles. The van der Waals surface area contributed by atoms with Gasteiger partial charge in [0.25, 0.3) is 0 Å². The van der Waals surface area contributed by atoms with Crippen LogP contribution in [0.1, 0.15) is 32.0 Å². The molecule has 0 saturated heterocycles. The van der Waals surface area contributed by atoms with Gasteiger partial charge in [-0.15, -0.1) is 0 Å². The molecule has 204 valence electrons. The Morgan fingerprint density at radius 1 is 0.947 bits per heavy atom. The van der Waals surface area contributed by atoms with Crippen molar-refractivity contribution in [3.63, 3.8) is 0 Å². The van der Waals surface area contributed by atoms with Crippen LogP contribution in [0.5, 0.6) is 11.5 Å². The van der Waals surface area contributed by atoms with Crippen molar-refractivity contribution in [1.82, 2.24) is 14.7 Å². The summed E-state index contributed by atoms with van der Waals surface area (Å²) in [5.41, 5.74) is 3.02. The smallest absolute Gasteiger partial charge is 0.322 e. The average Bonchev–Trinajstić information content (AvgIpc) is 3.30. The highest BCUT2D eigenvalue weighted by molar-refractivity contribution is 5.97. The summed E-state index contributed by atoms with van der Waals surface area (Å²) in [5, 5.41) is 10.5. The number of methoxy groups -OCH3 is 3. The lowest BCUT2D eigenvalue weighted by Gasteiger charge is -2.22. The number of nitrogens with one attached hydrogen (secondary N) is 2. The molecule has 38 heavy (non-hydrogen) atoms. The van der Waals surface area contributed by atoms with Gasteiger partial charge in [-0.1, -0.05) is 38.5 Å². The van der Waals surface area contributed by atoms with E-state index in [1.54, 1.807) is 22.9 Å². The number of aryl methyl sites for hydroxylation is 1. The number of ether oxygens (including phenoxy) is 3.